The molecule has 128 valence electrons. The highest BCUT2D eigenvalue weighted by atomic mass is 19.4. The summed E-state index contributed by atoms with van der Waals surface area (Å²) in [6.45, 7) is 1.93. The summed E-state index contributed by atoms with van der Waals surface area (Å²) < 4.78 is 44.0. The highest BCUT2D eigenvalue weighted by Crippen LogP contribution is 2.34. The molecule has 0 bridgehead atoms. The molecule has 0 fully saturated rings. The Morgan fingerprint density at radius 1 is 1.08 bits per heavy atom. The molecule has 3 aromatic rings. The molecule has 0 aliphatic carbocycles. The second kappa shape index (κ2) is 6.43. The number of alkyl halides is 3. The zero-order valence-electron chi connectivity index (χ0n) is 13.1. The average Bonchev–Trinajstić information content (AvgIpc) is 3.05. The summed E-state index contributed by atoms with van der Waals surface area (Å²) in [4.78, 5) is 12.2. The van der Waals surface area contributed by atoms with Crippen molar-refractivity contribution in [3.05, 3.63) is 71.4 Å². The van der Waals surface area contributed by atoms with Crippen molar-refractivity contribution in [1.82, 2.24) is 5.16 Å². The van der Waals surface area contributed by atoms with Crippen LogP contribution in [0.3, 0.4) is 0 Å². The number of para-hydroxylation sites is 1. The Kier molecular flexibility index (Phi) is 4.31. The van der Waals surface area contributed by atoms with Gasteiger partial charge in [-0.3, -0.25) is 4.79 Å². The van der Waals surface area contributed by atoms with Gasteiger partial charge in [-0.2, -0.15) is 13.2 Å². The first-order chi connectivity index (χ1) is 11.8. The van der Waals surface area contributed by atoms with Gasteiger partial charge in [0.25, 0.3) is 5.91 Å². The summed E-state index contributed by atoms with van der Waals surface area (Å²) in [5.41, 5.74) is 0.413. The quantitative estimate of drug-likeness (QED) is 0.732. The Morgan fingerprint density at radius 3 is 2.44 bits per heavy atom. The Hall–Kier alpha value is -3.09. The lowest BCUT2D eigenvalue weighted by Gasteiger charge is -2.12. The van der Waals surface area contributed by atoms with Gasteiger partial charge in [0.2, 0.25) is 0 Å². The fourth-order valence-electron chi connectivity index (χ4n) is 2.26. The number of carbonyl (C=O) groups is 1. The highest BCUT2D eigenvalue weighted by Gasteiger charge is 2.33. The number of benzene rings is 2. The van der Waals surface area contributed by atoms with Crippen LogP contribution in [-0.2, 0) is 6.18 Å². The van der Waals surface area contributed by atoms with Gasteiger partial charge in [-0.1, -0.05) is 47.1 Å². The van der Waals surface area contributed by atoms with Crippen LogP contribution in [-0.4, -0.2) is 11.1 Å². The second-order valence-electron chi connectivity index (χ2n) is 5.44. The van der Waals surface area contributed by atoms with Gasteiger partial charge in [-0.15, -0.1) is 0 Å². The number of carbonyl (C=O) groups excluding carboxylic acids is 1. The van der Waals surface area contributed by atoms with Crippen LogP contribution in [0.4, 0.5) is 18.9 Å². The van der Waals surface area contributed by atoms with E-state index < -0.39 is 17.6 Å². The Balaban J connectivity index is 1.83. The minimum absolute atomic E-state index is 0.104. The SMILES string of the molecule is Cc1ccc(-c2cc(C(=O)Nc3ccccc3C(F)(F)F)no2)cc1. The first kappa shape index (κ1) is 16.8. The topological polar surface area (TPSA) is 55.1 Å². The van der Waals surface area contributed by atoms with Gasteiger partial charge >= 0.3 is 6.18 Å². The van der Waals surface area contributed by atoms with Crippen LogP contribution in [0.1, 0.15) is 21.6 Å². The molecule has 2 aromatic carbocycles. The van der Waals surface area contributed by atoms with E-state index in [1.807, 2.05) is 19.1 Å². The number of amides is 1. The first-order valence-electron chi connectivity index (χ1n) is 7.36. The maximum Gasteiger partial charge on any atom is 0.418 e. The zero-order chi connectivity index (χ0) is 18.0. The molecule has 0 saturated heterocycles. The third-order valence-electron chi connectivity index (χ3n) is 3.56. The number of hydrogen-bond donors (Lipinski definition) is 1. The van der Waals surface area contributed by atoms with E-state index in [9.17, 15) is 18.0 Å². The molecular formula is C18H13F3N2O2. The van der Waals surface area contributed by atoms with Crippen molar-refractivity contribution in [2.24, 2.45) is 0 Å². The minimum atomic E-state index is -4.57. The Bertz CT molecular complexity index is 899. The summed E-state index contributed by atoms with van der Waals surface area (Å²) in [6, 6.07) is 13.5. The number of nitrogens with zero attached hydrogens (tertiary/aromatic N) is 1. The van der Waals surface area contributed by atoms with E-state index in [0.717, 1.165) is 11.6 Å². The van der Waals surface area contributed by atoms with Crippen LogP contribution in [0.2, 0.25) is 0 Å². The lowest BCUT2D eigenvalue weighted by Crippen LogP contribution is -2.16. The Labute approximate surface area is 141 Å². The molecule has 1 heterocycles. The normalized spacial score (nSPS) is 11.4. The van der Waals surface area contributed by atoms with Crippen LogP contribution in [0, 0.1) is 6.92 Å². The van der Waals surface area contributed by atoms with Gasteiger partial charge in [-0.05, 0) is 19.1 Å². The summed E-state index contributed by atoms with van der Waals surface area (Å²) >= 11 is 0. The van der Waals surface area contributed by atoms with Crippen LogP contribution in [0.5, 0.6) is 0 Å². The molecule has 0 saturated carbocycles. The first-order valence-corrected chi connectivity index (χ1v) is 7.36. The van der Waals surface area contributed by atoms with Gasteiger partial charge < -0.3 is 9.84 Å². The maximum absolute atomic E-state index is 13.0. The van der Waals surface area contributed by atoms with Crippen LogP contribution >= 0.6 is 0 Å². The number of aromatic nitrogens is 1. The lowest BCUT2D eigenvalue weighted by atomic mass is 10.1. The van der Waals surface area contributed by atoms with E-state index in [2.05, 4.69) is 10.5 Å². The molecule has 0 aliphatic heterocycles. The molecule has 4 nitrogen and oxygen atoms in total. The molecule has 25 heavy (non-hydrogen) atoms. The monoisotopic (exact) mass is 346 g/mol. The predicted molar refractivity (Wildman–Crippen MR) is 86.1 cm³/mol. The summed E-state index contributed by atoms with van der Waals surface area (Å²) in [6.07, 6.45) is -4.57. The smallest absolute Gasteiger partial charge is 0.355 e. The van der Waals surface area contributed by atoms with E-state index in [0.29, 0.717) is 11.3 Å². The van der Waals surface area contributed by atoms with Crippen LogP contribution in [0.15, 0.2) is 59.1 Å². The number of nitrogens with one attached hydrogen (secondary N) is 1. The number of aryl methyl sites for hydroxylation is 1. The summed E-state index contributed by atoms with van der Waals surface area (Å²) in [5, 5.41) is 5.86. The molecular weight excluding hydrogens is 333 g/mol. The maximum atomic E-state index is 13.0. The van der Waals surface area contributed by atoms with Crippen molar-refractivity contribution in [2.75, 3.05) is 5.32 Å². The molecule has 0 atom stereocenters. The van der Waals surface area contributed by atoms with E-state index in [1.165, 1.54) is 24.3 Å². The average molecular weight is 346 g/mol. The standard InChI is InChI=1S/C18H13F3N2O2/c1-11-6-8-12(9-7-11)16-10-15(23-25-16)17(24)22-14-5-3-2-4-13(14)18(19,20)21/h2-10H,1H3,(H,22,24). The molecule has 0 spiro atoms. The summed E-state index contributed by atoms with van der Waals surface area (Å²) in [5.74, 6) is -0.423. The second-order valence-corrected chi connectivity index (χ2v) is 5.44. The van der Waals surface area contributed by atoms with Crippen LogP contribution < -0.4 is 5.32 Å². The van der Waals surface area contributed by atoms with Crippen molar-refractivity contribution >= 4 is 11.6 Å². The van der Waals surface area contributed by atoms with E-state index in [4.69, 9.17) is 4.52 Å². The number of hydrogen-bond acceptors (Lipinski definition) is 3. The number of anilines is 1. The van der Waals surface area contributed by atoms with Crippen molar-refractivity contribution < 1.29 is 22.5 Å². The predicted octanol–water partition coefficient (Wildman–Crippen LogP) is 4.92. The molecule has 1 N–H and O–H groups in total. The lowest BCUT2D eigenvalue weighted by molar-refractivity contribution is -0.136. The Morgan fingerprint density at radius 2 is 1.76 bits per heavy atom. The van der Waals surface area contributed by atoms with E-state index >= 15 is 0 Å². The van der Waals surface area contributed by atoms with Crippen molar-refractivity contribution in [2.45, 2.75) is 13.1 Å². The van der Waals surface area contributed by atoms with Gasteiger partial charge in [0.1, 0.15) is 0 Å². The minimum Gasteiger partial charge on any atom is -0.355 e. The largest absolute Gasteiger partial charge is 0.418 e. The third kappa shape index (κ3) is 3.71. The van der Waals surface area contributed by atoms with E-state index in [1.54, 1.807) is 12.1 Å². The summed E-state index contributed by atoms with van der Waals surface area (Å²) in [7, 11) is 0. The van der Waals surface area contributed by atoms with Gasteiger partial charge in [-0.25, -0.2) is 0 Å². The van der Waals surface area contributed by atoms with Crippen molar-refractivity contribution in [3.8, 4) is 11.3 Å². The molecule has 0 aliphatic rings. The van der Waals surface area contributed by atoms with Crippen LogP contribution in [0.25, 0.3) is 11.3 Å². The molecule has 0 radical (unpaired) electrons. The highest BCUT2D eigenvalue weighted by molar-refractivity contribution is 6.03. The van der Waals surface area contributed by atoms with Gasteiger partial charge in [0, 0.05) is 11.6 Å². The molecule has 1 aromatic heterocycles. The van der Waals surface area contributed by atoms with Crippen molar-refractivity contribution in [1.29, 1.82) is 0 Å². The molecule has 0 unspecified atom stereocenters. The molecule has 3 rings (SSSR count). The van der Waals surface area contributed by atoms with Crippen molar-refractivity contribution in [3.63, 3.8) is 0 Å². The van der Waals surface area contributed by atoms with Gasteiger partial charge in [0.05, 0.1) is 11.3 Å². The zero-order valence-corrected chi connectivity index (χ0v) is 13.1. The fraction of sp³-hybridized carbons (Fsp3) is 0.111. The number of rotatable bonds is 3. The van der Waals surface area contributed by atoms with Gasteiger partial charge in [0.15, 0.2) is 11.5 Å². The molecule has 1 amide bonds. The fourth-order valence-corrected chi connectivity index (χ4v) is 2.26. The number of halogens is 3. The third-order valence-corrected chi connectivity index (χ3v) is 3.56. The van der Waals surface area contributed by atoms with E-state index in [-0.39, 0.29) is 11.4 Å². The molecule has 7 heteroatoms.